The van der Waals surface area contributed by atoms with Gasteiger partial charge in [-0.05, 0) is 49.8 Å². The Bertz CT molecular complexity index is 512. The molecule has 0 radical (unpaired) electrons. The van der Waals surface area contributed by atoms with Crippen molar-refractivity contribution in [3.63, 3.8) is 0 Å². The molecule has 0 aliphatic heterocycles. The zero-order valence-electron chi connectivity index (χ0n) is 13.7. The van der Waals surface area contributed by atoms with E-state index in [1.54, 1.807) is 0 Å². The van der Waals surface area contributed by atoms with Crippen LogP contribution in [0.2, 0.25) is 0 Å². The summed E-state index contributed by atoms with van der Waals surface area (Å²) in [7, 11) is 2.25. The molecule has 1 aliphatic rings. The van der Waals surface area contributed by atoms with Gasteiger partial charge in [-0.3, -0.25) is 4.90 Å². The molecular formula is C19H28N2. The summed E-state index contributed by atoms with van der Waals surface area (Å²) in [5.41, 5.74) is 8.44. The lowest BCUT2D eigenvalue weighted by Gasteiger charge is -2.38. The molecule has 0 bridgehead atoms. The van der Waals surface area contributed by atoms with Gasteiger partial charge in [0.05, 0.1) is 6.54 Å². The van der Waals surface area contributed by atoms with Crippen molar-refractivity contribution in [3.8, 4) is 11.8 Å². The first kappa shape index (κ1) is 16.1. The average Bonchev–Trinajstić information content (AvgIpc) is 2.46. The molecule has 114 valence electrons. The summed E-state index contributed by atoms with van der Waals surface area (Å²) in [6.45, 7) is 6.17. The molecule has 0 spiro atoms. The fourth-order valence-corrected chi connectivity index (χ4v) is 3.15. The highest BCUT2D eigenvalue weighted by Gasteiger charge is 2.28. The largest absolute Gasteiger partial charge is 0.320 e. The number of hydrogen-bond donors (Lipinski definition) is 1. The van der Waals surface area contributed by atoms with Crippen molar-refractivity contribution in [1.29, 1.82) is 0 Å². The normalized spacial score (nSPS) is 18.3. The first-order chi connectivity index (χ1) is 10.0. The van der Waals surface area contributed by atoms with E-state index in [9.17, 15) is 0 Å². The van der Waals surface area contributed by atoms with Crippen molar-refractivity contribution in [2.45, 2.75) is 52.1 Å². The third kappa shape index (κ3) is 4.59. The minimum absolute atomic E-state index is 0.419. The fraction of sp³-hybridized carbons (Fsp3) is 0.579. The molecular weight excluding hydrogens is 256 g/mol. The maximum atomic E-state index is 5.49. The van der Waals surface area contributed by atoms with Crippen LogP contribution in [0.25, 0.3) is 0 Å². The molecule has 1 aliphatic carbocycles. The van der Waals surface area contributed by atoms with Gasteiger partial charge >= 0.3 is 0 Å². The highest BCUT2D eigenvalue weighted by molar-refractivity contribution is 5.41. The average molecular weight is 284 g/mol. The van der Waals surface area contributed by atoms with E-state index in [4.69, 9.17) is 5.73 Å². The molecule has 1 aromatic rings. The number of benzene rings is 1. The maximum Gasteiger partial charge on any atom is 0.0555 e. The molecule has 2 nitrogen and oxygen atoms in total. The van der Waals surface area contributed by atoms with Crippen LogP contribution in [0.4, 0.5) is 0 Å². The number of rotatable bonds is 3. The maximum absolute atomic E-state index is 5.49. The van der Waals surface area contributed by atoms with E-state index in [0.717, 1.165) is 12.1 Å². The zero-order chi connectivity index (χ0) is 15.3. The molecule has 0 heterocycles. The van der Waals surface area contributed by atoms with Crippen molar-refractivity contribution in [1.82, 2.24) is 4.90 Å². The second kappa shape index (κ2) is 7.11. The molecule has 21 heavy (non-hydrogen) atoms. The Morgan fingerprint density at radius 1 is 1.24 bits per heavy atom. The summed E-state index contributed by atoms with van der Waals surface area (Å²) in [4.78, 5) is 2.50. The first-order valence-electron chi connectivity index (χ1n) is 7.99. The SMILES string of the molecule is CN(Cc1ccccc1C#CCN)C1CCC(C)(C)CC1. The molecule has 1 fully saturated rings. The van der Waals surface area contributed by atoms with Crippen LogP contribution in [-0.4, -0.2) is 24.5 Å². The Morgan fingerprint density at radius 2 is 1.90 bits per heavy atom. The topological polar surface area (TPSA) is 29.3 Å². The summed E-state index contributed by atoms with van der Waals surface area (Å²) < 4.78 is 0. The molecule has 2 rings (SSSR count). The molecule has 0 saturated heterocycles. The van der Waals surface area contributed by atoms with Crippen LogP contribution in [0, 0.1) is 17.3 Å². The monoisotopic (exact) mass is 284 g/mol. The van der Waals surface area contributed by atoms with Gasteiger partial charge in [0.2, 0.25) is 0 Å². The van der Waals surface area contributed by atoms with E-state index in [1.807, 2.05) is 6.07 Å². The molecule has 0 amide bonds. The van der Waals surface area contributed by atoms with Crippen LogP contribution in [0.1, 0.15) is 50.7 Å². The van der Waals surface area contributed by atoms with E-state index in [1.165, 1.54) is 31.2 Å². The predicted molar refractivity (Wildman–Crippen MR) is 89.9 cm³/mol. The summed E-state index contributed by atoms with van der Waals surface area (Å²) >= 11 is 0. The van der Waals surface area contributed by atoms with Gasteiger partial charge < -0.3 is 5.73 Å². The van der Waals surface area contributed by atoms with Gasteiger partial charge in [-0.15, -0.1) is 0 Å². The number of hydrogen-bond acceptors (Lipinski definition) is 2. The summed E-state index contributed by atoms with van der Waals surface area (Å²) in [6, 6.07) is 9.13. The van der Waals surface area contributed by atoms with Gasteiger partial charge in [-0.2, -0.15) is 0 Å². The lowest BCUT2D eigenvalue weighted by Crippen LogP contribution is -2.36. The van der Waals surface area contributed by atoms with E-state index in [2.05, 4.69) is 55.8 Å². The lowest BCUT2D eigenvalue weighted by atomic mass is 9.75. The highest BCUT2D eigenvalue weighted by atomic mass is 15.1. The van der Waals surface area contributed by atoms with Crippen LogP contribution in [0.5, 0.6) is 0 Å². The zero-order valence-corrected chi connectivity index (χ0v) is 13.7. The third-order valence-corrected chi connectivity index (χ3v) is 4.69. The van der Waals surface area contributed by atoms with Gasteiger partial charge in [-0.1, -0.05) is 43.9 Å². The van der Waals surface area contributed by atoms with Gasteiger partial charge in [0.15, 0.2) is 0 Å². The van der Waals surface area contributed by atoms with Crippen molar-refractivity contribution >= 4 is 0 Å². The van der Waals surface area contributed by atoms with Gasteiger partial charge in [0.25, 0.3) is 0 Å². The molecule has 0 atom stereocenters. The predicted octanol–water partition coefficient (Wildman–Crippen LogP) is 3.40. The second-order valence-electron chi connectivity index (χ2n) is 6.97. The Kier molecular flexibility index (Phi) is 5.45. The molecule has 0 aromatic heterocycles. The van der Waals surface area contributed by atoms with Crippen LogP contribution in [-0.2, 0) is 6.54 Å². The Labute approximate surface area is 129 Å². The minimum atomic E-state index is 0.419. The highest BCUT2D eigenvalue weighted by Crippen LogP contribution is 2.36. The second-order valence-corrected chi connectivity index (χ2v) is 6.97. The van der Waals surface area contributed by atoms with Crippen LogP contribution in [0.15, 0.2) is 24.3 Å². The van der Waals surface area contributed by atoms with Gasteiger partial charge in [0.1, 0.15) is 0 Å². The molecule has 0 unspecified atom stereocenters. The summed E-state index contributed by atoms with van der Waals surface area (Å²) in [5, 5.41) is 0. The third-order valence-electron chi connectivity index (χ3n) is 4.69. The van der Waals surface area contributed by atoms with E-state index in [0.29, 0.717) is 18.0 Å². The summed E-state index contributed by atoms with van der Waals surface area (Å²) in [6.07, 6.45) is 5.27. The molecule has 2 heteroatoms. The van der Waals surface area contributed by atoms with Crippen LogP contribution >= 0.6 is 0 Å². The standard InChI is InChI=1S/C19H28N2/c1-19(2)12-10-18(11-13-19)21(3)15-17-8-5-4-7-16(17)9-6-14-20/h4-5,7-8,18H,10-15,20H2,1-3H3. The Balaban J connectivity index is 2.01. The van der Waals surface area contributed by atoms with E-state index < -0.39 is 0 Å². The van der Waals surface area contributed by atoms with Crippen LogP contribution < -0.4 is 5.73 Å². The number of nitrogens with two attached hydrogens (primary N) is 1. The van der Waals surface area contributed by atoms with Crippen LogP contribution in [0.3, 0.4) is 0 Å². The van der Waals surface area contributed by atoms with Gasteiger partial charge in [-0.25, -0.2) is 0 Å². The van der Waals surface area contributed by atoms with E-state index >= 15 is 0 Å². The van der Waals surface area contributed by atoms with E-state index in [-0.39, 0.29) is 0 Å². The first-order valence-corrected chi connectivity index (χ1v) is 7.99. The summed E-state index contributed by atoms with van der Waals surface area (Å²) in [5.74, 6) is 6.16. The fourth-order valence-electron chi connectivity index (χ4n) is 3.15. The Hall–Kier alpha value is -1.30. The minimum Gasteiger partial charge on any atom is -0.320 e. The smallest absolute Gasteiger partial charge is 0.0555 e. The number of nitrogens with zero attached hydrogens (tertiary/aromatic N) is 1. The lowest BCUT2D eigenvalue weighted by molar-refractivity contribution is 0.123. The Morgan fingerprint density at radius 3 is 2.57 bits per heavy atom. The molecule has 1 aromatic carbocycles. The van der Waals surface area contributed by atoms with Crippen molar-refractivity contribution in [2.24, 2.45) is 11.1 Å². The van der Waals surface area contributed by atoms with Crippen molar-refractivity contribution in [3.05, 3.63) is 35.4 Å². The molecule has 1 saturated carbocycles. The van der Waals surface area contributed by atoms with Gasteiger partial charge in [0, 0.05) is 18.2 Å². The molecule has 2 N–H and O–H groups in total. The van der Waals surface area contributed by atoms with Crippen molar-refractivity contribution < 1.29 is 0 Å². The quantitative estimate of drug-likeness (QED) is 0.862. The van der Waals surface area contributed by atoms with Crippen molar-refractivity contribution in [2.75, 3.05) is 13.6 Å².